The molecule has 0 aliphatic rings. The number of nitrogens with zero attached hydrogens (tertiary/aromatic N) is 2. The van der Waals surface area contributed by atoms with Crippen LogP contribution >= 0.6 is 23.2 Å². The predicted octanol–water partition coefficient (Wildman–Crippen LogP) is 6.01. The molecule has 0 saturated heterocycles. The highest BCUT2D eigenvalue weighted by molar-refractivity contribution is 6.36. The van der Waals surface area contributed by atoms with E-state index < -0.39 is 0 Å². The van der Waals surface area contributed by atoms with Crippen LogP contribution in [-0.2, 0) is 0 Å². The standard InChI is InChI=1S/C19H16Cl2N4O/c1-10-7-12-8-14(4-6-17(12)22-10)23-11(2)18-24-25-19(26-18)15-5-3-13(20)9-16(15)21/h3-9,11,22-23H,1-2H3. The number of H-pyrrole nitrogens is 1. The van der Waals surface area contributed by atoms with Crippen LogP contribution in [0.3, 0.4) is 0 Å². The number of anilines is 1. The maximum absolute atomic E-state index is 6.21. The van der Waals surface area contributed by atoms with Gasteiger partial charge in [0, 0.05) is 27.3 Å². The summed E-state index contributed by atoms with van der Waals surface area (Å²) < 4.78 is 5.80. The van der Waals surface area contributed by atoms with Crippen molar-refractivity contribution in [2.24, 2.45) is 0 Å². The highest BCUT2D eigenvalue weighted by atomic mass is 35.5. The van der Waals surface area contributed by atoms with Crippen molar-refractivity contribution >= 4 is 39.8 Å². The smallest absolute Gasteiger partial charge is 0.249 e. The average molecular weight is 387 g/mol. The number of hydrogen-bond donors (Lipinski definition) is 2. The van der Waals surface area contributed by atoms with Crippen LogP contribution in [0.2, 0.25) is 10.0 Å². The molecule has 0 spiro atoms. The van der Waals surface area contributed by atoms with Crippen LogP contribution in [0.15, 0.2) is 46.9 Å². The summed E-state index contributed by atoms with van der Waals surface area (Å²) in [5.41, 5.74) is 3.88. The molecule has 0 amide bonds. The van der Waals surface area contributed by atoms with Gasteiger partial charge in [-0.1, -0.05) is 23.2 Å². The van der Waals surface area contributed by atoms with Gasteiger partial charge < -0.3 is 14.7 Å². The molecule has 5 nitrogen and oxygen atoms in total. The topological polar surface area (TPSA) is 66.7 Å². The molecule has 2 N–H and O–H groups in total. The molecule has 4 aromatic rings. The van der Waals surface area contributed by atoms with Crippen molar-refractivity contribution in [1.82, 2.24) is 15.2 Å². The van der Waals surface area contributed by atoms with Crippen LogP contribution in [0.5, 0.6) is 0 Å². The van der Waals surface area contributed by atoms with Crippen LogP contribution in [0.4, 0.5) is 5.69 Å². The van der Waals surface area contributed by atoms with Crippen LogP contribution in [0.1, 0.15) is 24.6 Å². The highest BCUT2D eigenvalue weighted by Crippen LogP contribution is 2.31. The molecule has 0 aliphatic heterocycles. The van der Waals surface area contributed by atoms with Crippen LogP contribution < -0.4 is 5.32 Å². The van der Waals surface area contributed by atoms with Gasteiger partial charge in [0.2, 0.25) is 11.8 Å². The van der Waals surface area contributed by atoms with E-state index in [9.17, 15) is 0 Å². The lowest BCUT2D eigenvalue weighted by molar-refractivity contribution is 0.485. The van der Waals surface area contributed by atoms with Crippen molar-refractivity contribution < 1.29 is 4.42 Å². The van der Waals surface area contributed by atoms with E-state index in [-0.39, 0.29) is 6.04 Å². The maximum atomic E-state index is 6.21. The molecule has 0 radical (unpaired) electrons. The quantitative estimate of drug-likeness (QED) is 0.450. The van der Waals surface area contributed by atoms with E-state index in [2.05, 4.69) is 32.6 Å². The zero-order chi connectivity index (χ0) is 18.3. The van der Waals surface area contributed by atoms with Gasteiger partial charge in [-0.3, -0.25) is 0 Å². The first-order valence-corrected chi connectivity index (χ1v) is 8.90. The third-order valence-corrected chi connectivity index (χ3v) is 4.66. The molecule has 2 aromatic heterocycles. The average Bonchev–Trinajstić information content (AvgIpc) is 3.20. The fourth-order valence-electron chi connectivity index (χ4n) is 2.86. The zero-order valence-corrected chi connectivity index (χ0v) is 15.7. The summed E-state index contributed by atoms with van der Waals surface area (Å²) >= 11 is 12.1. The summed E-state index contributed by atoms with van der Waals surface area (Å²) in [6.07, 6.45) is 0. The lowest BCUT2D eigenvalue weighted by Crippen LogP contribution is -2.06. The summed E-state index contributed by atoms with van der Waals surface area (Å²) in [6, 6.07) is 13.3. The van der Waals surface area contributed by atoms with Crippen molar-refractivity contribution in [2.75, 3.05) is 5.32 Å². The van der Waals surface area contributed by atoms with Gasteiger partial charge in [0.25, 0.3) is 0 Å². The Morgan fingerprint density at radius 3 is 2.73 bits per heavy atom. The normalized spacial score (nSPS) is 12.5. The van der Waals surface area contributed by atoms with E-state index in [1.807, 2.05) is 26.0 Å². The molecule has 0 aliphatic carbocycles. The first-order chi connectivity index (χ1) is 12.5. The minimum absolute atomic E-state index is 0.153. The third kappa shape index (κ3) is 3.28. The number of aryl methyl sites for hydroxylation is 1. The van der Waals surface area contributed by atoms with Crippen LogP contribution in [-0.4, -0.2) is 15.2 Å². The number of benzene rings is 2. The number of fused-ring (bicyclic) bond motifs is 1. The van der Waals surface area contributed by atoms with E-state index >= 15 is 0 Å². The van der Waals surface area contributed by atoms with Gasteiger partial charge in [-0.2, -0.15) is 0 Å². The molecule has 0 saturated carbocycles. The predicted molar refractivity (Wildman–Crippen MR) is 105 cm³/mol. The zero-order valence-electron chi connectivity index (χ0n) is 14.2. The van der Waals surface area contributed by atoms with Crippen molar-refractivity contribution in [1.29, 1.82) is 0 Å². The summed E-state index contributed by atoms with van der Waals surface area (Å²) in [7, 11) is 0. The Labute approximate surface area is 160 Å². The van der Waals surface area contributed by atoms with Crippen LogP contribution in [0.25, 0.3) is 22.4 Å². The first kappa shape index (κ1) is 16.9. The van der Waals surface area contributed by atoms with Gasteiger partial charge in [-0.25, -0.2) is 0 Å². The molecular formula is C19H16Cl2N4O. The molecule has 2 heterocycles. The Balaban J connectivity index is 1.56. The Morgan fingerprint density at radius 1 is 1.08 bits per heavy atom. The minimum atomic E-state index is -0.153. The lowest BCUT2D eigenvalue weighted by Gasteiger charge is -2.11. The molecular weight excluding hydrogens is 371 g/mol. The number of aromatic nitrogens is 3. The van der Waals surface area contributed by atoms with Gasteiger partial charge in [-0.15, -0.1) is 10.2 Å². The van der Waals surface area contributed by atoms with Gasteiger partial charge >= 0.3 is 0 Å². The SMILES string of the molecule is Cc1cc2cc(NC(C)c3nnc(-c4ccc(Cl)cc4Cl)o3)ccc2[nH]1. The second-order valence-electron chi connectivity index (χ2n) is 6.19. The van der Waals surface area contributed by atoms with Gasteiger partial charge in [0.1, 0.15) is 6.04 Å². The van der Waals surface area contributed by atoms with Gasteiger partial charge in [0.15, 0.2) is 0 Å². The Kier molecular flexibility index (Phi) is 4.34. The fraction of sp³-hybridized carbons (Fsp3) is 0.158. The molecule has 7 heteroatoms. The molecule has 0 fully saturated rings. The van der Waals surface area contributed by atoms with E-state index in [0.29, 0.717) is 27.4 Å². The Hall–Kier alpha value is -2.50. The maximum Gasteiger partial charge on any atom is 0.249 e. The van der Waals surface area contributed by atoms with E-state index in [4.69, 9.17) is 27.6 Å². The Morgan fingerprint density at radius 2 is 1.92 bits per heavy atom. The first-order valence-electron chi connectivity index (χ1n) is 8.14. The minimum Gasteiger partial charge on any atom is -0.418 e. The van der Waals surface area contributed by atoms with Crippen molar-refractivity contribution in [3.63, 3.8) is 0 Å². The second-order valence-corrected chi connectivity index (χ2v) is 7.03. The highest BCUT2D eigenvalue weighted by Gasteiger charge is 2.17. The summed E-state index contributed by atoms with van der Waals surface area (Å²) in [4.78, 5) is 3.31. The second kappa shape index (κ2) is 6.67. The third-order valence-electron chi connectivity index (χ3n) is 4.11. The summed E-state index contributed by atoms with van der Waals surface area (Å²) in [6.45, 7) is 4.00. The van der Waals surface area contributed by atoms with E-state index in [1.54, 1.807) is 18.2 Å². The van der Waals surface area contributed by atoms with Crippen molar-refractivity contribution in [3.8, 4) is 11.5 Å². The lowest BCUT2D eigenvalue weighted by atomic mass is 10.2. The molecule has 1 atom stereocenters. The molecule has 26 heavy (non-hydrogen) atoms. The van der Waals surface area contributed by atoms with E-state index in [0.717, 1.165) is 22.3 Å². The van der Waals surface area contributed by atoms with Gasteiger partial charge in [-0.05, 0) is 56.3 Å². The molecule has 2 aromatic carbocycles. The number of aromatic amines is 1. The number of hydrogen-bond acceptors (Lipinski definition) is 4. The largest absolute Gasteiger partial charge is 0.418 e. The monoisotopic (exact) mass is 386 g/mol. The Bertz CT molecular complexity index is 1090. The molecule has 132 valence electrons. The van der Waals surface area contributed by atoms with Crippen molar-refractivity contribution in [3.05, 3.63) is 64.1 Å². The number of nitrogens with one attached hydrogen (secondary N) is 2. The van der Waals surface area contributed by atoms with Gasteiger partial charge in [0.05, 0.1) is 10.6 Å². The van der Waals surface area contributed by atoms with E-state index in [1.165, 1.54) is 0 Å². The molecule has 0 bridgehead atoms. The molecule has 1 unspecified atom stereocenters. The number of halogens is 2. The van der Waals surface area contributed by atoms with Crippen molar-refractivity contribution in [2.45, 2.75) is 19.9 Å². The fourth-order valence-corrected chi connectivity index (χ4v) is 3.35. The summed E-state index contributed by atoms with van der Waals surface area (Å²) in [5, 5.41) is 13.8. The summed E-state index contributed by atoms with van der Waals surface area (Å²) in [5.74, 6) is 0.850. The molecule has 4 rings (SSSR count). The van der Waals surface area contributed by atoms with Crippen LogP contribution in [0, 0.1) is 6.92 Å². The number of rotatable bonds is 4.